The van der Waals surface area contributed by atoms with Crippen molar-refractivity contribution in [3.63, 3.8) is 0 Å². The zero-order valence-corrected chi connectivity index (χ0v) is 17.5. The molecular weight excluding hydrogens is 376 g/mol. The van der Waals surface area contributed by atoms with Gasteiger partial charge in [0, 0.05) is 18.2 Å². The van der Waals surface area contributed by atoms with Gasteiger partial charge in [-0.15, -0.1) is 0 Å². The summed E-state index contributed by atoms with van der Waals surface area (Å²) in [5.41, 5.74) is 0.319. The Morgan fingerprint density at radius 2 is 1.90 bits per heavy atom. The summed E-state index contributed by atoms with van der Waals surface area (Å²) in [5.74, 6) is 0.118. The molecule has 0 spiro atoms. The van der Waals surface area contributed by atoms with Gasteiger partial charge in [0.25, 0.3) is 5.56 Å². The summed E-state index contributed by atoms with van der Waals surface area (Å²) in [4.78, 5) is 35.9. The summed E-state index contributed by atoms with van der Waals surface area (Å²) < 4.78 is 17.1. The molecule has 0 atom stereocenters. The van der Waals surface area contributed by atoms with Crippen LogP contribution in [0, 0.1) is 0 Å². The molecule has 2 rings (SSSR count). The minimum absolute atomic E-state index is 0.0696. The van der Waals surface area contributed by atoms with Crippen molar-refractivity contribution in [2.24, 2.45) is 0 Å². The number of amides is 1. The van der Waals surface area contributed by atoms with Crippen LogP contribution in [0.4, 0.5) is 4.79 Å². The van der Waals surface area contributed by atoms with E-state index < -0.39 is 17.7 Å². The Balaban J connectivity index is 2.11. The minimum Gasteiger partial charge on any atom is -0.492 e. The number of esters is 1. The summed E-state index contributed by atoms with van der Waals surface area (Å²) in [7, 11) is 1.29. The van der Waals surface area contributed by atoms with Gasteiger partial charge >= 0.3 is 12.1 Å². The Bertz CT molecular complexity index is 943. The number of carbonyl (C=O) groups is 2. The number of nitrogens with one attached hydrogen (secondary N) is 1. The maximum atomic E-state index is 12.7. The normalized spacial score (nSPS) is 11.2. The van der Waals surface area contributed by atoms with E-state index in [9.17, 15) is 14.4 Å². The maximum Gasteiger partial charge on any atom is 0.407 e. The smallest absolute Gasteiger partial charge is 0.407 e. The number of ether oxygens (including phenoxy) is 3. The zero-order valence-electron chi connectivity index (χ0n) is 17.5. The highest BCUT2D eigenvalue weighted by molar-refractivity contribution is 5.82. The van der Waals surface area contributed by atoms with Crippen molar-refractivity contribution >= 4 is 23.0 Å². The SMILES string of the molecule is CCn1c(=O)c(CC(=O)OC)cc2ccc(OCCNC(=O)OC(C)(C)C)cc21. The van der Waals surface area contributed by atoms with E-state index in [0.29, 0.717) is 23.4 Å². The van der Waals surface area contributed by atoms with Crippen molar-refractivity contribution in [2.75, 3.05) is 20.3 Å². The highest BCUT2D eigenvalue weighted by atomic mass is 16.6. The number of aromatic nitrogens is 1. The average Bonchev–Trinajstić information content (AvgIpc) is 2.64. The third-order valence-corrected chi connectivity index (χ3v) is 4.06. The molecule has 0 aliphatic rings. The summed E-state index contributed by atoms with van der Waals surface area (Å²) in [6, 6.07) is 7.09. The number of pyridine rings is 1. The van der Waals surface area contributed by atoms with Gasteiger partial charge in [-0.25, -0.2) is 4.79 Å². The van der Waals surface area contributed by atoms with Crippen molar-refractivity contribution in [1.82, 2.24) is 9.88 Å². The quantitative estimate of drug-likeness (QED) is 0.563. The number of fused-ring (bicyclic) bond motifs is 1. The van der Waals surface area contributed by atoms with Gasteiger partial charge in [-0.2, -0.15) is 0 Å². The van der Waals surface area contributed by atoms with Crippen LogP contribution in [0.25, 0.3) is 10.9 Å². The first-order valence-corrected chi connectivity index (χ1v) is 9.47. The standard InChI is InChI=1S/C21H28N2O6/c1-6-23-17-13-16(28-10-9-22-20(26)29-21(2,3)4)8-7-14(17)11-15(19(23)25)12-18(24)27-5/h7-8,11,13H,6,9-10,12H2,1-5H3,(H,22,26). The van der Waals surface area contributed by atoms with Crippen LogP contribution in [0.15, 0.2) is 29.1 Å². The molecule has 1 heterocycles. The summed E-state index contributed by atoms with van der Waals surface area (Å²) in [6.07, 6.45) is -0.572. The molecular formula is C21H28N2O6. The minimum atomic E-state index is -0.556. The van der Waals surface area contributed by atoms with Gasteiger partial charge in [0.2, 0.25) is 0 Å². The first kappa shape index (κ1) is 22.3. The predicted octanol–water partition coefficient (Wildman–Crippen LogP) is 2.64. The Hall–Kier alpha value is -3.03. The largest absolute Gasteiger partial charge is 0.492 e. The number of alkyl carbamates (subject to hydrolysis) is 1. The van der Waals surface area contributed by atoms with E-state index in [2.05, 4.69) is 10.1 Å². The number of carbonyl (C=O) groups excluding carboxylic acids is 2. The van der Waals surface area contributed by atoms with Gasteiger partial charge < -0.3 is 24.1 Å². The van der Waals surface area contributed by atoms with E-state index in [1.165, 1.54) is 7.11 Å². The van der Waals surface area contributed by atoms with Crippen LogP contribution >= 0.6 is 0 Å². The third kappa shape index (κ3) is 6.23. The molecule has 1 aromatic carbocycles. The predicted molar refractivity (Wildman–Crippen MR) is 109 cm³/mol. The molecule has 0 aliphatic carbocycles. The van der Waals surface area contributed by atoms with Gasteiger partial charge in [-0.1, -0.05) is 0 Å². The first-order chi connectivity index (χ1) is 13.6. The molecule has 0 aliphatic heterocycles. The van der Waals surface area contributed by atoms with Crippen LogP contribution in [0.1, 0.15) is 33.3 Å². The monoisotopic (exact) mass is 404 g/mol. The van der Waals surface area contributed by atoms with Crippen LogP contribution in [-0.4, -0.2) is 42.5 Å². The first-order valence-electron chi connectivity index (χ1n) is 9.47. The molecule has 0 fully saturated rings. The Morgan fingerprint density at radius 1 is 1.17 bits per heavy atom. The van der Waals surface area contributed by atoms with Gasteiger partial charge in [0.1, 0.15) is 18.0 Å². The topological polar surface area (TPSA) is 95.9 Å². The molecule has 29 heavy (non-hydrogen) atoms. The van der Waals surface area contributed by atoms with Gasteiger partial charge in [-0.3, -0.25) is 9.59 Å². The van der Waals surface area contributed by atoms with Crippen molar-refractivity contribution in [2.45, 2.75) is 46.3 Å². The average molecular weight is 404 g/mol. The molecule has 0 radical (unpaired) electrons. The van der Waals surface area contributed by atoms with Crippen molar-refractivity contribution in [3.8, 4) is 5.75 Å². The summed E-state index contributed by atoms with van der Waals surface area (Å²) in [5, 5.41) is 3.45. The number of hydrogen-bond donors (Lipinski definition) is 1. The third-order valence-electron chi connectivity index (χ3n) is 4.06. The highest BCUT2D eigenvalue weighted by Gasteiger charge is 2.16. The van der Waals surface area contributed by atoms with Crippen LogP contribution < -0.4 is 15.6 Å². The molecule has 0 bridgehead atoms. The van der Waals surface area contributed by atoms with E-state index in [0.717, 1.165) is 5.39 Å². The van der Waals surface area contributed by atoms with Gasteiger partial charge in [-0.05, 0) is 51.3 Å². The van der Waals surface area contributed by atoms with E-state index in [1.807, 2.05) is 13.0 Å². The van der Waals surface area contributed by atoms with E-state index in [1.54, 1.807) is 43.5 Å². The lowest BCUT2D eigenvalue weighted by molar-refractivity contribution is -0.139. The fourth-order valence-electron chi connectivity index (χ4n) is 2.81. The second-order valence-corrected chi connectivity index (χ2v) is 7.47. The Kier molecular flexibility index (Phi) is 7.25. The van der Waals surface area contributed by atoms with E-state index >= 15 is 0 Å². The number of aryl methyl sites for hydroxylation is 1. The second-order valence-electron chi connectivity index (χ2n) is 7.47. The van der Waals surface area contributed by atoms with Gasteiger partial charge in [0.15, 0.2) is 0 Å². The number of rotatable bonds is 7. The van der Waals surface area contributed by atoms with E-state index in [-0.39, 0.29) is 25.1 Å². The fourth-order valence-corrected chi connectivity index (χ4v) is 2.81. The van der Waals surface area contributed by atoms with Crippen LogP contribution in [-0.2, 0) is 27.2 Å². The lowest BCUT2D eigenvalue weighted by Crippen LogP contribution is -2.34. The summed E-state index contributed by atoms with van der Waals surface area (Å²) >= 11 is 0. The highest BCUT2D eigenvalue weighted by Crippen LogP contribution is 2.21. The van der Waals surface area contributed by atoms with Crippen LogP contribution in [0.3, 0.4) is 0 Å². The summed E-state index contributed by atoms with van der Waals surface area (Å²) in [6.45, 7) is 8.23. The van der Waals surface area contributed by atoms with Crippen molar-refractivity contribution < 1.29 is 23.8 Å². The lowest BCUT2D eigenvalue weighted by atomic mass is 10.1. The molecule has 8 heteroatoms. The molecule has 0 unspecified atom stereocenters. The van der Waals surface area contributed by atoms with Gasteiger partial charge in [0.05, 0.1) is 25.6 Å². The Labute approximate surface area is 169 Å². The molecule has 0 saturated carbocycles. The second kappa shape index (κ2) is 9.45. The number of nitrogens with zero attached hydrogens (tertiary/aromatic N) is 1. The van der Waals surface area contributed by atoms with Crippen LogP contribution in [0.5, 0.6) is 5.75 Å². The molecule has 1 N–H and O–H groups in total. The molecule has 1 amide bonds. The lowest BCUT2D eigenvalue weighted by Gasteiger charge is -2.19. The molecule has 8 nitrogen and oxygen atoms in total. The Morgan fingerprint density at radius 3 is 2.52 bits per heavy atom. The fraction of sp³-hybridized carbons (Fsp3) is 0.476. The van der Waals surface area contributed by atoms with Crippen molar-refractivity contribution in [1.29, 1.82) is 0 Å². The molecule has 0 saturated heterocycles. The number of benzene rings is 1. The maximum absolute atomic E-state index is 12.7. The molecule has 158 valence electrons. The zero-order chi connectivity index (χ0) is 21.6. The molecule has 2 aromatic rings. The van der Waals surface area contributed by atoms with E-state index in [4.69, 9.17) is 9.47 Å². The molecule has 1 aromatic heterocycles. The number of methoxy groups -OCH3 is 1. The van der Waals surface area contributed by atoms with Crippen LogP contribution in [0.2, 0.25) is 0 Å². The number of hydrogen-bond acceptors (Lipinski definition) is 6. The van der Waals surface area contributed by atoms with Crippen molar-refractivity contribution in [3.05, 3.63) is 40.2 Å².